The minimum absolute atomic E-state index is 0.0241. The molecule has 0 aromatic heterocycles. The average Bonchev–Trinajstić information content (AvgIpc) is 2.41. The molecular formula is C15H22N2O4. The van der Waals surface area contributed by atoms with Crippen LogP contribution in [0.5, 0.6) is 5.75 Å². The molecule has 0 spiro atoms. The molecule has 21 heavy (non-hydrogen) atoms. The third kappa shape index (κ3) is 4.66. The van der Waals surface area contributed by atoms with Crippen molar-refractivity contribution >= 4 is 17.7 Å². The fourth-order valence-corrected chi connectivity index (χ4v) is 2.27. The number of hydrogen-bond acceptors (Lipinski definition) is 3. The Kier molecular flexibility index (Phi) is 6.02. The van der Waals surface area contributed by atoms with Crippen molar-refractivity contribution in [2.45, 2.75) is 39.7 Å². The molecule has 2 amide bonds. The summed E-state index contributed by atoms with van der Waals surface area (Å²) in [5, 5.41) is 23.7. The Bertz CT molecular complexity index is 512. The minimum Gasteiger partial charge on any atom is -0.507 e. The van der Waals surface area contributed by atoms with E-state index in [-0.39, 0.29) is 17.4 Å². The number of carboxylic acids is 1. The van der Waals surface area contributed by atoms with Gasteiger partial charge < -0.3 is 20.8 Å². The third-order valence-corrected chi connectivity index (χ3v) is 3.60. The van der Waals surface area contributed by atoms with Crippen molar-refractivity contribution in [2.75, 3.05) is 5.32 Å². The van der Waals surface area contributed by atoms with E-state index in [2.05, 4.69) is 24.5 Å². The SMILES string of the molecule is CCC(CC)C(C)NC(=O)Nc1ccc(O)c(C(=O)O)c1. The molecule has 1 aromatic carbocycles. The molecule has 0 aliphatic rings. The number of hydrogen-bond donors (Lipinski definition) is 4. The summed E-state index contributed by atoms with van der Waals surface area (Å²) in [7, 11) is 0. The summed E-state index contributed by atoms with van der Waals surface area (Å²) in [5.74, 6) is -1.19. The van der Waals surface area contributed by atoms with E-state index in [0.717, 1.165) is 12.8 Å². The lowest BCUT2D eigenvalue weighted by Gasteiger charge is -2.22. The molecule has 0 heterocycles. The van der Waals surface area contributed by atoms with Crippen LogP contribution in [0.3, 0.4) is 0 Å². The van der Waals surface area contributed by atoms with Gasteiger partial charge in [-0.05, 0) is 31.0 Å². The molecule has 1 rings (SSSR count). The maximum Gasteiger partial charge on any atom is 0.339 e. The van der Waals surface area contributed by atoms with E-state index in [4.69, 9.17) is 5.11 Å². The zero-order chi connectivity index (χ0) is 16.0. The molecule has 6 heteroatoms. The van der Waals surface area contributed by atoms with Crippen molar-refractivity contribution in [1.82, 2.24) is 5.32 Å². The van der Waals surface area contributed by atoms with E-state index in [1.807, 2.05) is 6.92 Å². The minimum atomic E-state index is -1.25. The molecule has 1 unspecified atom stereocenters. The van der Waals surface area contributed by atoms with Crippen molar-refractivity contribution < 1.29 is 19.8 Å². The van der Waals surface area contributed by atoms with Crippen LogP contribution in [0.2, 0.25) is 0 Å². The standard InChI is InChI=1S/C15H22N2O4/c1-4-10(5-2)9(3)16-15(21)17-11-6-7-13(18)12(8-11)14(19)20/h6-10,18H,4-5H2,1-3H3,(H,19,20)(H2,16,17,21). The quantitative estimate of drug-likeness (QED) is 0.606. The third-order valence-electron chi connectivity index (χ3n) is 3.60. The van der Waals surface area contributed by atoms with E-state index in [1.165, 1.54) is 18.2 Å². The number of anilines is 1. The maximum absolute atomic E-state index is 11.9. The van der Waals surface area contributed by atoms with Crippen LogP contribution in [0.4, 0.5) is 10.5 Å². The van der Waals surface area contributed by atoms with E-state index in [9.17, 15) is 14.7 Å². The first kappa shape index (κ1) is 16.8. The van der Waals surface area contributed by atoms with Gasteiger partial charge >= 0.3 is 12.0 Å². The highest BCUT2D eigenvalue weighted by Gasteiger charge is 2.16. The molecule has 116 valence electrons. The molecule has 0 fully saturated rings. The monoisotopic (exact) mass is 294 g/mol. The first-order valence-corrected chi connectivity index (χ1v) is 7.02. The fraction of sp³-hybridized carbons (Fsp3) is 0.467. The van der Waals surface area contributed by atoms with Gasteiger partial charge in [0.05, 0.1) is 0 Å². The number of aromatic carboxylic acids is 1. The summed E-state index contributed by atoms with van der Waals surface area (Å²) in [4.78, 5) is 22.8. The molecule has 0 saturated carbocycles. The van der Waals surface area contributed by atoms with E-state index >= 15 is 0 Å². The van der Waals surface area contributed by atoms with E-state index < -0.39 is 12.0 Å². The van der Waals surface area contributed by atoms with Crippen LogP contribution in [0.25, 0.3) is 0 Å². The molecule has 0 bridgehead atoms. The number of rotatable bonds is 6. The summed E-state index contributed by atoms with van der Waals surface area (Å²) in [6.45, 7) is 6.09. The lowest BCUT2D eigenvalue weighted by atomic mass is 9.96. The average molecular weight is 294 g/mol. The summed E-state index contributed by atoms with van der Waals surface area (Å²) in [6, 6.07) is 3.54. The van der Waals surface area contributed by atoms with Crippen LogP contribution in [0.1, 0.15) is 44.0 Å². The van der Waals surface area contributed by atoms with Gasteiger partial charge in [0, 0.05) is 11.7 Å². The Hall–Kier alpha value is -2.24. The molecule has 0 radical (unpaired) electrons. The largest absolute Gasteiger partial charge is 0.507 e. The first-order valence-electron chi connectivity index (χ1n) is 7.02. The second kappa shape index (κ2) is 7.52. The van der Waals surface area contributed by atoms with Crippen LogP contribution in [0.15, 0.2) is 18.2 Å². The normalized spacial score (nSPS) is 12.0. The number of benzene rings is 1. The number of carbonyl (C=O) groups excluding carboxylic acids is 1. The van der Waals surface area contributed by atoms with Crippen LogP contribution < -0.4 is 10.6 Å². The highest BCUT2D eigenvalue weighted by Crippen LogP contribution is 2.21. The molecule has 1 atom stereocenters. The molecule has 0 aliphatic carbocycles. The Labute approximate surface area is 124 Å². The molecule has 6 nitrogen and oxygen atoms in total. The van der Waals surface area contributed by atoms with Crippen molar-refractivity contribution in [2.24, 2.45) is 5.92 Å². The van der Waals surface area contributed by atoms with Crippen molar-refractivity contribution in [3.05, 3.63) is 23.8 Å². The highest BCUT2D eigenvalue weighted by molar-refractivity contribution is 5.95. The van der Waals surface area contributed by atoms with Crippen molar-refractivity contribution in [3.8, 4) is 5.75 Å². The van der Waals surface area contributed by atoms with Gasteiger partial charge in [-0.2, -0.15) is 0 Å². The Morgan fingerprint density at radius 2 is 1.86 bits per heavy atom. The second-order valence-corrected chi connectivity index (χ2v) is 5.00. The highest BCUT2D eigenvalue weighted by atomic mass is 16.4. The Balaban J connectivity index is 2.71. The number of carbonyl (C=O) groups is 2. The van der Waals surface area contributed by atoms with Gasteiger partial charge in [-0.3, -0.25) is 0 Å². The number of amides is 2. The van der Waals surface area contributed by atoms with Crippen LogP contribution in [0, 0.1) is 5.92 Å². The van der Waals surface area contributed by atoms with Crippen LogP contribution in [-0.4, -0.2) is 28.3 Å². The van der Waals surface area contributed by atoms with Crippen molar-refractivity contribution in [3.63, 3.8) is 0 Å². The van der Waals surface area contributed by atoms with Gasteiger partial charge in [0.25, 0.3) is 0 Å². The fourth-order valence-electron chi connectivity index (χ4n) is 2.27. The Morgan fingerprint density at radius 3 is 2.38 bits per heavy atom. The number of nitrogens with one attached hydrogen (secondary N) is 2. The lowest BCUT2D eigenvalue weighted by Crippen LogP contribution is -2.40. The molecule has 1 aromatic rings. The zero-order valence-electron chi connectivity index (χ0n) is 12.5. The molecule has 0 saturated heterocycles. The smallest absolute Gasteiger partial charge is 0.339 e. The summed E-state index contributed by atoms with van der Waals surface area (Å²) in [5.41, 5.74) is 0.0697. The zero-order valence-corrected chi connectivity index (χ0v) is 12.5. The van der Waals surface area contributed by atoms with Gasteiger partial charge in [0.1, 0.15) is 11.3 Å². The number of carboxylic acid groups (broad SMARTS) is 1. The Morgan fingerprint density at radius 1 is 1.24 bits per heavy atom. The lowest BCUT2D eigenvalue weighted by molar-refractivity contribution is 0.0693. The van der Waals surface area contributed by atoms with Gasteiger partial charge in [0.15, 0.2) is 0 Å². The topological polar surface area (TPSA) is 98.7 Å². The first-order chi connectivity index (χ1) is 9.88. The molecule has 0 aliphatic heterocycles. The molecular weight excluding hydrogens is 272 g/mol. The second-order valence-electron chi connectivity index (χ2n) is 5.00. The number of phenols is 1. The van der Waals surface area contributed by atoms with Gasteiger partial charge in [-0.15, -0.1) is 0 Å². The van der Waals surface area contributed by atoms with Crippen LogP contribution >= 0.6 is 0 Å². The molecule has 4 N–H and O–H groups in total. The number of aromatic hydroxyl groups is 1. The summed E-state index contributed by atoms with van der Waals surface area (Å²) >= 11 is 0. The van der Waals surface area contributed by atoms with Crippen molar-refractivity contribution in [1.29, 1.82) is 0 Å². The summed E-state index contributed by atoms with van der Waals surface area (Å²) < 4.78 is 0. The summed E-state index contributed by atoms with van der Waals surface area (Å²) in [6.07, 6.45) is 1.95. The van der Waals surface area contributed by atoms with Crippen LogP contribution in [-0.2, 0) is 0 Å². The maximum atomic E-state index is 11.9. The van der Waals surface area contributed by atoms with E-state index in [0.29, 0.717) is 11.6 Å². The number of urea groups is 1. The van der Waals surface area contributed by atoms with Gasteiger partial charge in [0.2, 0.25) is 0 Å². The predicted molar refractivity (Wildman–Crippen MR) is 80.8 cm³/mol. The predicted octanol–water partition coefficient (Wildman–Crippen LogP) is 3.04. The van der Waals surface area contributed by atoms with Gasteiger partial charge in [-0.25, -0.2) is 9.59 Å². The van der Waals surface area contributed by atoms with Gasteiger partial charge in [-0.1, -0.05) is 26.7 Å². The van der Waals surface area contributed by atoms with E-state index in [1.54, 1.807) is 0 Å².